The third kappa shape index (κ3) is 6.57. The predicted molar refractivity (Wildman–Crippen MR) is 154 cm³/mol. The summed E-state index contributed by atoms with van der Waals surface area (Å²) in [4.78, 5) is 17.6. The van der Waals surface area contributed by atoms with Crippen molar-refractivity contribution in [2.24, 2.45) is 0 Å². The Kier molecular flexibility index (Phi) is 8.13. The minimum absolute atomic E-state index is 0.366. The summed E-state index contributed by atoms with van der Waals surface area (Å²) in [6, 6.07) is 16.3. The van der Waals surface area contributed by atoms with Gasteiger partial charge < -0.3 is 29.8 Å². The molecule has 1 fully saturated rings. The Morgan fingerprint density at radius 2 is 1.69 bits per heavy atom. The molecule has 2 aromatic carbocycles. The minimum Gasteiger partial charge on any atom is -0.475 e. The Balaban J connectivity index is 1.38. The molecule has 0 amide bonds. The van der Waals surface area contributed by atoms with Gasteiger partial charge in [0.2, 0.25) is 11.8 Å². The van der Waals surface area contributed by atoms with Gasteiger partial charge in [-0.3, -0.25) is 4.90 Å². The van der Waals surface area contributed by atoms with Crippen molar-refractivity contribution in [2.45, 2.75) is 26.0 Å². The maximum atomic E-state index is 10.3. The van der Waals surface area contributed by atoms with Crippen LogP contribution in [0, 0.1) is 0 Å². The molecule has 0 radical (unpaired) electrons. The topological polar surface area (TPSA) is 98.8 Å². The second-order valence-corrected chi connectivity index (χ2v) is 10.7. The quantitative estimate of drug-likeness (QED) is 0.260. The maximum Gasteiger partial charge on any atom is 0.232 e. The highest BCUT2D eigenvalue weighted by atomic mass is 16.5. The van der Waals surface area contributed by atoms with Crippen LogP contribution in [0.25, 0.3) is 22.2 Å². The zero-order valence-corrected chi connectivity index (χ0v) is 23.2. The van der Waals surface area contributed by atoms with Gasteiger partial charge in [0.15, 0.2) is 0 Å². The van der Waals surface area contributed by atoms with Gasteiger partial charge in [-0.1, -0.05) is 36.4 Å². The molecule has 39 heavy (non-hydrogen) atoms. The third-order valence-electron chi connectivity index (χ3n) is 7.14. The number of anilines is 2. The fourth-order valence-electron chi connectivity index (χ4n) is 4.75. The van der Waals surface area contributed by atoms with Gasteiger partial charge in [0, 0.05) is 57.3 Å². The number of fused-ring (bicyclic) bond motifs is 1. The van der Waals surface area contributed by atoms with Crippen LogP contribution in [0.4, 0.5) is 11.6 Å². The standard InChI is InChI=1S/C30H38N6O3/c1-30(2,37)23-9-7-22(8-10-23)25-19-31-27-26(25)28(39-18-17-38-4)34-29(33-27)32-24-11-5-21(6-12-24)20-36-15-13-35(3)14-16-36/h5-12,19,37H,13-18,20H2,1-4H3,(H2,31,32,33,34). The number of piperazine rings is 1. The molecule has 2 aromatic heterocycles. The van der Waals surface area contributed by atoms with E-state index in [0.29, 0.717) is 30.7 Å². The molecule has 3 N–H and O–H groups in total. The Labute approximate surface area is 229 Å². The number of methoxy groups -OCH3 is 1. The van der Waals surface area contributed by atoms with E-state index in [1.807, 2.05) is 30.5 Å². The van der Waals surface area contributed by atoms with Crippen LogP contribution >= 0.6 is 0 Å². The number of aromatic amines is 1. The summed E-state index contributed by atoms with van der Waals surface area (Å²) in [5.74, 6) is 0.932. The number of rotatable bonds is 10. The maximum absolute atomic E-state index is 10.3. The first-order valence-corrected chi connectivity index (χ1v) is 13.4. The van der Waals surface area contributed by atoms with Crippen molar-refractivity contribution in [3.63, 3.8) is 0 Å². The number of hydrogen-bond acceptors (Lipinski definition) is 8. The van der Waals surface area contributed by atoms with Crippen molar-refractivity contribution in [2.75, 3.05) is 58.9 Å². The summed E-state index contributed by atoms with van der Waals surface area (Å²) in [6.45, 7) is 9.74. The average Bonchev–Trinajstić information content (AvgIpc) is 3.35. The lowest BCUT2D eigenvalue weighted by molar-refractivity contribution is 0.0786. The first-order valence-electron chi connectivity index (χ1n) is 13.4. The van der Waals surface area contributed by atoms with E-state index < -0.39 is 5.60 Å². The van der Waals surface area contributed by atoms with E-state index >= 15 is 0 Å². The van der Waals surface area contributed by atoms with Crippen LogP contribution in [0.5, 0.6) is 5.88 Å². The molecule has 1 saturated heterocycles. The molecule has 5 rings (SSSR count). The van der Waals surface area contributed by atoms with E-state index in [4.69, 9.17) is 19.4 Å². The van der Waals surface area contributed by atoms with E-state index in [2.05, 4.69) is 51.4 Å². The lowest BCUT2D eigenvalue weighted by atomic mass is 9.96. The van der Waals surface area contributed by atoms with Crippen LogP contribution in [0.2, 0.25) is 0 Å². The molecule has 9 heteroatoms. The number of hydrogen-bond donors (Lipinski definition) is 3. The van der Waals surface area contributed by atoms with E-state index in [9.17, 15) is 5.11 Å². The fourth-order valence-corrected chi connectivity index (χ4v) is 4.75. The van der Waals surface area contributed by atoms with Gasteiger partial charge in [-0.05, 0) is 49.7 Å². The Morgan fingerprint density at radius 3 is 2.36 bits per heavy atom. The molecule has 0 bridgehead atoms. The second kappa shape index (κ2) is 11.7. The van der Waals surface area contributed by atoms with E-state index in [1.165, 1.54) is 5.56 Å². The van der Waals surface area contributed by atoms with Gasteiger partial charge in [-0.2, -0.15) is 9.97 Å². The largest absolute Gasteiger partial charge is 0.475 e. The number of benzene rings is 2. The highest BCUT2D eigenvalue weighted by molar-refractivity contribution is 5.97. The smallest absolute Gasteiger partial charge is 0.232 e. The summed E-state index contributed by atoms with van der Waals surface area (Å²) in [6.07, 6.45) is 1.92. The first-order chi connectivity index (χ1) is 18.8. The van der Waals surface area contributed by atoms with Crippen LogP contribution < -0.4 is 10.1 Å². The van der Waals surface area contributed by atoms with E-state index in [1.54, 1.807) is 21.0 Å². The highest BCUT2D eigenvalue weighted by Crippen LogP contribution is 2.35. The van der Waals surface area contributed by atoms with Gasteiger partial charge in [0.25, 0.3) is 0 Å². The lowest BCUT2D eigenvalue weighted by Crippen LogP contribution is -2.43. The van der Waals surface area contributed by atoms with Gasteiger partial charge in [0.1, 0.15) is 12.3 Å². The zero-order valence-electron chi connectivity index (χ0n) is 23.2. The number of ether oxygens (including phenoxy) is 2. The first kappa shape index (κ1) is 27.1. The fraction of sp³-hybridized carbons (Fsp3) is 0.400. The minimum atomic E-state index is -0.903. The van der Waals surface area contributed by atoms with Gasteiger partial charge in [0.05, 0.1) is 17.6 Å². The van der Waals surface area contributed by atoms with Crippen molar-refractivity contribution in [3.8, 4) is 17.0 Å². The van der Waals surface area contributed by atoms with Crippen molar-refractivity contribution in [3.05, 3.63) is 65.9 Å². The molecule has 4 aromatic rings. The molecule has 206 valence electrons. The summed E-state index contributed by atoms with van der Waals surface area (Å²) < 4.78 is 11.3. The number of H-pyrrole nitrogens is 1. The molecule has 0 unspecified atom stereocenters. The monoisotopic (exact) mass is 530 g/mol. The van der Waals surface area contributed by atoms with Crippen LogP contribution in [0.15, 0.2) is 54.7 Å². The molecule has 9 nitrogen and oxygen atoms in total. The van der Waals surface area contributed by atoms with Crippen molar-refractivity contribution >= 4 is 22.7 Å². The van der Waals surface area contributed by atoms with E-state index in [-0.39, 0.29) is 0 Å². The van der Waals surface area contributed by atoms with Crippen LogP contribution in [0.1, 0.15) is 25.0 Å². The Hall–Kier alpha value is -3.50. The van der Waals surface area contributed by atoms with Gasteiger partial charge in [-0.25, -0.2) is 0 Å². The molecule has 3 heterocycles. The van der Waals surface area contributed by atoms with Crippen molar-refractivity contribution in [1.82, 2.24) is 24.8 Å². The molecular weight excluding hydrogens is 492 g/mol. The van der Waals surface area contributed by atoms with Crippen molar-refractivity contribution < 1.29 is 14.6 Å². The SMILES string of the molecule is COCCOc1nc(Nc2ccc(CN3CCN(C)CC3)cc2)nc2[nH]cc(-c3ccc(C(C)(C)O)cc3)c12. The van der Waals surface area contributed by atoms with Crippen LogP contribution in [-0.2, 0) is 16.9 Å². The number of nitrogens with zero attached hydrogens (tertiary/aromatic N) is 4. The number of aromatic nitrogens is 3. The second-order valence-electron chi connectivity index (χ2n) is 10.7. The predicted octanol–water partition coefficient (Wildman–Crippen LogP) is 4.37. The normalized spacial score (nSPS) is 15.1. The zero-order chi connectivity index (χ0) is 27.4. The summed E-state index contributed by atoms with van der Waals surface area (Å²) in [5.41, 5.74) is 4.72. The van der Waals surface area contributed by atoms with Crippen molar-refractivity contribution in [1.29, 1.82) is 0 Å². The number of nitrogens with one attached hydrogen (secondary N) is 2. The van der Waals surface area contributed by atoms with Crippen LogP contribution in [-0.4, -0.2) is 83.4 Å². The Morgan fingerprint density at radius 1 is 0.974 bits per heavy atom. The number of likely N-dealkylation sites (N-methyl/N-ethyl adjacent to an activating group) is 1. The summed E-state index contributed by atoms with van der Waals surface area (Å²) in [5, 5.41) is 14.5. The molecule has 0 atom stereocenters. The van der Waals surface area contributed by atoms with E-state index in [0.717, 1.165) is 60.5 Å². The molecule has 0 spiro atoms. The Bertz CT molecular complexity index is 1370. The molecular formula is C30H38N6O3. The summed E-state index contributed by atoms with van der Waals surface area (Å²) >= 11 is 0. The van der Waals surface area contributed by atoms with Crippen LogP contribution in [0.3, 0.4) is 0 Å². The lowest BCUT2D eigenvalue weighted by Gasteiger charge is -2.32. The molecule has 1 aliphatic heterocycles. The summed E-state index contributed by atoms with van der Waals surface area (Å²) in [7, 11) is 3.82. The molecule has 0 saturated carbocycles. The molecule has 1 aliphatic rings. The average molecular weight is 531 g/mol. The van der Waals surface area contributed by atoms with Gasteiger partial charge >= 0.3 is 0 Å². The third-order valence-corrected chi connectivity index (χ3v) is 7.14. The molecule has 0 aliphatic carbocycles. The highest BCUT2D eigenvalue weighted by Gasteiger charge is 2.19. The number of aliphatic hydroxyl groups is 1. The van der Waals surface area contributed by atoms with Gasteiger partial charge in [-0.15, -0.1) is 0 Å².